The van der Waals surface area contributed by atoms with E-state index in [0.29, 0.717) is 47.3 Å². The molecule has 0 aromatic heterocycles. The number of carbonyl (C=O) groups excluding carboxylic acids is 4. The zero-order valence-electron chi connectivity index (χ0n) is 31.8. The molecule has 1 atom stereocenters. The van der Waals surface area contributed by atoms with Gasteiger partial charge in [0.2, 0.25) is 0 Å². The number of nitrogens with one attached hydrogen (secondary N) is 1. The Morgan fingerprint density at radius 2 is 1.82 bits per heavy atom. The zero-order valence-corrected chi connectivity index (χ0v) is 33.5. The minimum Gasteiger partial charge on any atom is -0.388 e. The van der Waals surface area contributed by atoms with Crippen molar-refractivity contribution in [1.82, 2.24) is 15.4 Å². The second kappa shape index (κ2) is 18.1. The number of aliphatic imine (C=N–C) groups is 1. The lowest BCUT2D eigenvalue weighted by molar-refractivity contribution is -0.211. The number of imide groups is 1. The number of fused-ring (bicyclic) bond motifs is 1. The molecule has 0 saturated carbocycles. The van der Waals surface area contributed by atoms with Crippen LogP contribution in [0.2, 0.25) is 0 Å². The monoisotopic (exact) mass is 795 g/mol. The molecule has 4 aliphatic rings. The Hall–Kier alpha value is -4.35. The van der Waals surface area contributed by atoms with Gasteiger partial charge in [0.1, 0.15) is 0 Å². The fourth-order valence-corrected chi connectivity index (χ4v) is 7.63. The van der Waals surface area contributed by atoms with Gasteiger partial charge in [-0.2, -0.15) is 0 Å². The highest BCUT2D eigenvalue weighted by molar-refractivity contribution is 7.93. The van der Waals surface area contributed by atoms with E-state index in [0.717, 1.165) is 70.3 Å². The summed E-state index contributed by atoms with van der Waals surface area (Å²) in [5, 5.41) is 4.74. The van der Waals surface area contributed by atoms with Crippen LogP contribution in [0, 0.1) is 5.41 Å². The second-order valence-electron chi connectivity index (χ2n) is 14.6. The molecule has 0 bridgehead atoms. The van der Waals surface area contributed by atoms with Gasteiger partial charge in [0.05, 0.1) is 17.0 Å². The average Bonchev–Trinajstić information content (AvgIpc) is 3.71. The fraction of sp³-hybridized carbons (Fsp3) is 0.462. The summed E-state index contributed by atoms with van der Waals surface area (Å²) in [6.45, 7) is 9.37. The summed E-state index contributed by atoms with van der Waals surface area (Å²) in [5.41, 5.74) is 4.95. The summed E-state index contributed by atoms with van der Waals surface area (Å²) in [4.78, 5) is 67.4. The van der Waals surface area contributed by atoms with Crippen LogP contribution in [-0.2, 0) is 45.3 Å². The van der Waals surface area contributed by atoms with E-state index in [1.54, 1.807) is 12.1 Å². The second-order valence-corrected chi connectivity index (χ2v) is 16.2. The van der Waals surface area contributed by atoms with E-state index in [4.69, 9.17) is 14.7 Å². The van der Waals surface area contributed by atoms with Crippen molar-refractivity contribution < 1.29 is 42.2 Å². The van der Waals surface area contributed by atoms with Crippen molar-refractivity contribution in [1.29, 1.82) is 0 Å². The molecule has 4 heterocycles. The van der Waals surface area contributed by atoms with Crippen LogP contribution >= 0.6 is 12.0 Å². The molecule has 16 heteroatoms. The van der Waals surface area contributed by atoms with Crippen molar-refractivity contribution in [2.75, 3.05) is 43.9 Å². The number of benzene rings is 1. The molecule has 14 nitrogen and oxygen atoms in total. The molecule has 0 radical (unpaired) electrons. The Kier molecular flexibility index (Phi) is 13.7. The largest absolute Gasteiger partial charge is 0.388 e. The molecule has 55 heavy (non-hydrogen) atoms. The van der Waals surface area contributed by atoms with Crippen LogP contribution in [0.1, 0.15) is 71.8 Å². The smallest absolute Gasteiger partial charge is 0.361 e. The van der Waals surface area contributed by atoms with Gasteiger partial charge in [-0.05, 0) is 85.3 Å². The van der Waals surface area contributed by atoms with Crippen LogP contribution in [0.3, 0.4) is 0 Å². The quantitative estimate of drug-likeness (QED) is 0.0417. The first-order valence-corrected chi connectivity index (χ1v) is 20.3. The van der Waals surface area contributed by atoms with Crippen LogP contribution in [0.25, 0.3) is 0 Å². The predicted octanol–water partition coefficient (Wildman–Crippen LogP) is 5.39. The van der Waals surface area contributed by atoms with Crippen molar-refractivity contribution in [2.24, 2.45) is 10.4 Å². The highest BCUT2D eigenvalue weighted by Crippen LogP contribution is 2.48. The summed E-state index contributed by atoms with van der Waals surface area (Å²) in [6.07, 6.45) is 14.9. The lowest BCUT2D eigenvalue weighted by atomic mass is 9.80. The molecular weight excluding hydrogens is 747 g/mol. The van der Waals surface area contributed by atoms with E-state index in [2.05, 4.69) is 24.1 Å². The first-order chi connectivity index (χ1) is 26.2. The molecule has 1 unspecified atom stereocenters. The van der Waals surface area contributed by atoms with Crippen LogP contribution < -0.4 is 10.2 Å². The van der Waals surface area contributed by atoms with E-state index in [-0.39, 0.29) is 12.8 Å². The molecule has 2 saturated heterocycles. The molecule has 1 aromatic rings. The van der Waals surface area contributed by atoms with E-state index in [1.165, 1.54) is 7.05 Å². The molecule has 5 rings (SSSR count). The number of hydroxylamine groups is 4. The molecule has 0 aliphatic carbocycles. The van der Waals surface area contributed by atoms with E-state index < -0.39 is 52.2 Å². The molecule has 3 amide bonds. The number of anilines is 1. The zero-order chi connectivity index (χ0) is 39.9. The highest BCUT2D eigenvalue weighted by Gasteiger charge is 2.40. The minimum absolute atomic E-state index is 0.0315. The number of likely N-dealkylation sites (N-methyl/N-ethyl adjacent to an activating group) is 1. The van der Waals surface area contributed by atoms with Crippen LogP contribution in [0.15, 0.2) is 87.1 Å². The van der Waals surface area contributed by atoms with Gasteiger partial charge in [-0.25, -0.2) is 14.1 Å². The number of hydrogen-bond acceptors (Lipinski definition) is 12. The molecular formula is C39H49N5O9S2. The van der Waals surface area contributed by atoms with Gasteiger partial charge in [0, 0.05) is 72.4 Å². The summed E-state index contributed by atoms with van der Waals surface area (Å²) in [5.74, 6) is -2.09. The van der Waals surface area contributed by atoms with Gasteiger partial charge in [0.15, 0.2) is 17.7 Å². The number of allylic oxidation sites excluding steroid dienone is 7. The van der Waals surface area contributed by atoms with Gasteiger partial charge in [-0.15, -0.1) is 5.06 Å². The van der Waals surface area contributed by atoms with Crippen molar-refractivity contribution in [2.45, 2.75) is 76.5 Å². The van der Waals surface area contributed by atoms with Gasteiger partial charge >= 0.3 is 5.97 Å². The summed E-state index contributed by atoms with van der Waals surface area (Å²) in [6, 6.07) is 5.35. The molecule has 4 aliphatic heterocycles. The number of amides is 3. The first kappa shape index (κ1) is 41.8. The van der Waals surface area contributed by atoms with Gasteiger partial charge in [0.25, 0.3) is 17.7 Å². The summed E-state index contributed by atoms with van der Waals surface area (Å²) in [7, 11) is 1.39. The number of carbonyl (C=O) groups is 4. The third-order valence-electron chi connectivity index (χ3n) is 10.2. The fourth-order valence-electron chi connectivity index (χ4n) is 6.97. The van der Waals surface area contributed by atoms with Gasteiger partial charge < -0.3 is 24.2 Å². The Bertz CT molecular complexity index is 1890. The maximum absolute atomic E-state index is 13.8. The predicted molar refractivity (Wildman–Crippen MR) is 211 cm³/mol. The third kappa shape index (κ3) is 9.55. The lowest BCUT2D eigenvalue weighted by Crippen LogP contribution is -2.37. The molecule has 2 fully saturated rings. The topological polar surface area (TPSA) is 178 Å². The minimum atomic E-state index is -2.09. The maximum Gasteiger partial charge on any atom is 0.361 e. The van der Waals surface area contributed by atoms with E-state index in [1.807, 2.05) is 56.4 Å². The lowest BCUT2D eigenvalue weighted by Gasteiger charge is -2.27. The van der Waals surface area contributed by atoms with E-state index >= 15 is 0 Å². The average molecular weight is 796 g/mol. The standard InChI is InChI=1S/C39H49N5O9S2/c1-38(2)26(22-28(30-12-9-10-19-40-30)37(48)42(5)52-25-36(47)53-44-34(45)17-18-35(44)46)24-41-32(38)13-7-6-8-14-33-39(3,4)29-23-27(55(50)51)15-16-31(29)43(33)20-11-21-54-49/h6-8,13-16,22-23,40,49H,9-12,17-21,24-25H2,1-5H3,(H,50,51)/b8-6+,13-7+,26-22+,30-28+,33-14+. The summed E-state index contributed by atoms with van der Waals surface area (Å²) >= 11 is -1.29. The van der Waals surface area contributed by atoms with Crippen LogP contribution in [-0.4, -0.2) is 91.9 Å². The van der Waals surface area contributed by atoms with E-state index in [9.17, 15) is 32.5 Å². The Morgan fingerprint density at radius 3 is 2.49 bits per heavy atom. The number of hydrogen-bond donors (Lipinski definition) is 3. The number of piperidine rings is 1. The maximum atomic E-state index is 13.8. The Morgan fingerprint density at radius 1 is 1.07 bits per heavy atom. The molecule has 1 aromatic carbocycles. The normalized spacial score (nSPS) is 22.1. The van der Waals surface area contributed by atoms with Crippen LogP contribution in [0.5, 0.6) is 0 Å². The highest BCUT2D eigenvalue weighted by atomic mass is 32.2. The number of rotatable bonds is 14. The Balaban J connectivity index is 1.29. The van der Waals surface area contributed by atoms with Crippen molar-refractivity contribution in [3.8, 4) is 0 Å². The van der Waals surface area contributed by atoms with Gasteiger partial charge in [-0.1, -0.05) is 45.9 Å². The van der Waals surface area contributed by atoms with Gasteiger partial charge in [-0.3, -0.25) is 24.2 Å². The van der Waals surface area contributed by atoms with Crippen molar-refractivity contribution in [3.63, 3.8) is 0 Å². The van der Waals surface area contributed by atoms with Crippen molar-refractivity contribution >= 4 is 58.2 Å². The molecule has 0 spiro atoms. The van der Waals surface area contributed by atoms with Crippen molar-refractivity contribution in [3.05, 3.63) is 82.8 Å². The SMILES string of the molecule is CN(OCC(=O)ON1C(=O)CCC1=O)C(=O)C(/C=C1\CN=C(/C=C/C=C/C=C2/N(CCCSO)c3ccc(S(=O)O)cc3C2(C)C)C1(C)C)=C1\CCCCN1. The molecule has 296 valence electrons. The number of nitrogens with zero attached hydrogens (tertiary/aromatic N) is 4. The first-order valence-electron chi connectivity index (χ1n) is 18.2. The summed E-state index contributed by atoms with van der Waals surface area (Å²) < 4.78 is 30.9. The molecule has 3 N–H and O–H groups in total. The Labute approximate surface area is 328 Å². The third-order valence-corrected chi connectivity index (χ3v) is 11.3. The van der Waals surface area contributed by atoms with Crippen LogP contribution in [0.4, 0.5) is 5.69 Å².